The Bertz CT molecular complexity index is 437. The highest BCUT2D eigenvalue weighted by Gasteiger charge is 2.19. The molecule has 2 N–H and O–H groups in total. The Kier molecular flexibility index (Phi) is 6.69. The molecule has 0 saturated carbocycles. The molecule has 1 unspecified atom stereocenters. The van der Waals surface area contributed by atoms with E-state index in [1.807, 2.05) is 13.1 Å². The summed E-state index contributed by atoms with van der Waals surface area (Å²) in [6.45, 7) is 8.58. The van der Waals surface area contributed by atoms with E-state index in [0.29, 0.717) is 0 Å². The van der Waals surface area contributed by atoms with Gasteiger partial charge in [0.2, 0.25) is 0 Å². The van der Waals surface area contributed by atoms with E-state index < -0.39 is 0 Å². The summed E-state index contributed by atoms with van der Waals surface area (Å²) < 4.78 is 0. The Morgan fingerprint density at radius 3 is 2.38 bits per heavy atom. The van der Waals surface area contributed by atoms with Gasteiger partial charge in [0.05, 0.1) is 6.04 Å². The van der Waals surface area contributed by atoms with Crippen molar-refractivity contribution in [1.82, 2.24) is 15.5 Å². The second-order valence-corrected chi connectivity index (χ2v) is 6.60. The fourth-order valence-electron chi connectivity index (χ4n) is 2.46. The van der Waals surface area contributed by atoms with Crippen LogP contribution in [0.1, 0.15) is 32.4 Å². The molecule has 0 aliphatic rings. The van der Waals surface area contributed by atoms with E-state index in [2.05, 4.69) is 79.7 Å². The molecule has 21 heavy (non-hydrogen) atoms. The average Bonchev–Trinajstić information content (AvgIpc) is 2.42. The molecular formula is C17H30N4. The number of hydrogen-bond acceptors (Lipinski definition) is 2. The smallest absolute Gasteiger partial charge is 0.191 e. The minimum absolute atomic E-state index is 0.192. The van der Waals surface area contributed by atoms with Crippen molar-refractivity contribution in [3.63, 3.8) is 0 Å². The summed E-state index contributed by atoms with van der Waals surface area (Å²) in [5.74, 6) is 0.846. The van der Waals surface area contributed by atoms with Crippen LogP contribution in [0.2, 0.25) is 0 Å². The summed E-state index contributed by atoms with van der Waals surface area (Å²) in [7, 11) is 6.02. The van der Waals surface area contributed by atoms with Crippen LogP contribution in [0, 0.1) is 5.41 Å². The normalized spacial score (nSPS) is 14.1. The van der Waals surface area contributed by atoms with Gasteiger partial charge in [0.25, 0.3) is 0 Å². The summed E-state index contributed by atoms with van der Waals surface area (Å²) >= 11 is 0. The van der Waals surface area contributed by atoms with Gasteiger partial charge in [-0.1, -0.05) is 44.2 Å². The largest absolute Gasteiger partial charge is 0.356 e. The van der Waals surface area contributed by atoms with E-state index in [1.165, 1.54) is 5.56 Å². The van der Waals surface area contributed by atoms with Gasteiger partial charge in [-0.3, -0.25) is 4.99 Å². The topological polar surface area (TPSA) is 39.7 Å². The van der Waals surface area contributed by atoms with E-state index in [4.69, 9.17) is 0 Å². The summed E-state index contributed by atoms with van der Waals surface area (Å²) in [4.78, 5) is 6.53. The standard InChI is InChI=1S/C17H30N4/c1-14(15-10-8-7-9-11-15)20-16(18-4)19-12-17(2,3)13-21(5)6/h7-11,14H,12-13H2,1-6H3,(H2,18,19,20). The van der Waals surface area contributed by atoms with Gasteiger partial charge < -0.3 is 15.5 Å². The lowest BCUT2D eigenvalue weighted by Gasteiger charge is -2.29. The first-order valence-electron chi connectivity index (χ1n) is 7.51. The van der Waals surface area contributed by atoms with Gasteiger partial charge in [-0.2, -0.15) is 0 Å². The Balaban J connectivity index is 2.53. The molecule has 1 atom stereocenters. The Labute approximate surface area is 129 Å². The maximum absolute atomic E-state index is 4.32. The fourth-order valence-corrected chi connectivity index (χ4v) is 2.46. The molecule has 0 fully saturated rings. The number of nitrogens with zero attached hydrogens (tertiary/aromatic N) is 2. The zero-order valence-corrected chi connectivity index (χ0v) is 14.3. The summed E-state index contributed by atoms with van der Waals surface area (Å²) in [5, 5.41) is 6.86. The summed E-state index contributed by atoms with van der Waals surface area (Å²) in [5.41, 5.74) is 1.45. The number of benzene rings is 1. The van der Waals surface area contributed by atoms with E-state index in [0.717, 1.165) is 19.0 Å². The number of hydrogen-bond donors (Lipinski definition) is 2. The van der Waals surface area contributed by atoms with Crippen molar-refractivity contribution in [3.05, 3.63) is 35.9 Å². The second-order valence-electron chi connectivity index (χ2n) is 6.60. The molecule has 0 aliphatic carbocycles. The predicted octanol–water partition coefficient (Wildman–Crippen LogP) is 2.50. The maximum Gasteiger partial charge on any atom is 0.191 e. The third kappa shape index (κ3) is 6.63. The zero-order valence-electron chi connectivity index (χ0n) is 14.3. The van der Waals surface area contributed by atoms with Crippen LogP contribution >= 0.6 is 0 Å². The monoisotopic (exact) mass is 290 g/mol. The number of rotatable bonds is 6. The second kappa shape index (κ2) is 8.03. The van der Waals surface area contributed by atoms with Crippen molar-refractivity contribution in [3.8, 4) is 0 Å². The predicted molar refractivity (Wildman–Crippen MR) is 91.7 cm³/mol. The highest BCUT2D eigenvalue weighted by atomic mass is 15.2. The molecule has 4 nitrogen and oxygen atoms in total. The average molecular weight is 290 g/mol. The summed E-state index contributed by atoms with van der Waals surface area (Å²) in [6.07, 6.45) is 0. The van der Waals surface area contributed by atoms with Gasteiger partial charge in [-0.05, 0) is 32.0 Å². The fraction of sp³-hybridized carbons (Fsp3) is 0.588. The maximum atomic E-state index is 4.32. The highest BCUT2D eigenvalue weighted by Crippen LogP contribution is 2.14. The number of aliphatic imine (C=N–C) groups is 1. The van der Waals surface area contributed by atoms with Gasteiger partial charge in [0, 0.05) is 20.1 Å². The van der Waals surface area contributed by atoms with Crippen LogP contribution in [0.25, 0.3) is 0 Å². The number of nitrogens with one attached hydrogen (secondary N) is 2. The van der Waals surface area contributed by atoms with Crippen molar-refractivity contribution in [2.75, 3.05) is 34.2 Å². The van der Waals surface area contributed by atoms with Crippen molar-refractivity contribution in [2.24, 2.45) is 10.4 Å². The molecule has 0 aromatic heterocycles. The molecule has 0 amide bonds. The van der Waals surface area contributed by atoms with Crippen molar-refractivity contribution in [2.45, 2.75) is 26.8 Å². The van der Waals surface area contributed by atoms with Crippen LogP contribution in [-0.2, 0) is 0 Å². The van der Waals surface area contributed by atoms with Gasteiger partial charge in [-0.25, -0.2) is 0 Å². The lowest BCUT2D eigenvalue weighted by Crippen LogP contribution is -2.45. The first kappa shape index (κ1) is 17.5. The minimum atomic E-state index is 0.192. The highest BCUT2D eigenvalue weighted by molar-refractivity contribution is 5.80. The van der Waals surface area contributed by atoms with Crippen LogP contribution in [0.15, 0.2) is 35.3 Å². The van der Waals surface area contributed by atoms with E-state index in [-0.39, 0.29) is 11.5 Å². The molecule has 4 heteroatoms. The first-order chi connectivity index (χ1) is 9.84. The van der Waals surface area contributed by atoms with E-state index >= 15 is 0 Å². The quantitative estimate of drug-likeness (QED) is 0.624. The molecule has 0 aliphatic heterocycles. The Hall–Kier alpha value is -1.55. The third-order valence-electron chi connectivity index (χ3n) is 3.36. The lowest BCUT2D eigenvalue weighted by molar-refractivity contribution is 0.241. The molecule has 0 saturated heterocycles. The molecule has 118 valence electrons. The van der Waals surface area contributed by atoms with Gasteiger partial charge in [0.15, 0.2) is 5.96 Å². The Morgan fingerprint density at radius 2 is 1.86 bits per heavy atom. The van der Waals surface area contributed by atoms with Crippen molar-refractivity contribution < 1.29 is 0 Å². The third-order valence-corrected chi connectivity index (χ3v) is 3.36. The van der Waals surface area contributed by atoms with Crippen LogP contribution in [0.4, 0.5) is 0 Å². The SMILES string of the molecule is CN=C(NCC(C)(C)CN(C)C)NC(C)c1ccccc1. The zero-order chi connectivity index (χ0) is 15.9. The van der Waals surface area contributed by atoms with E-state index in [1.54, 1.807) is 0 Å². The molecule has 0 spiro atoms. The molecule has 1 rings (SSSR count). The molecule has 1 aromatic rings. The first-order valence-corrected chi connectivity index (χ1v) is 7.51. The Morgan fingerprint density at radius 1 is 1.24 bits per heavy atom. The van der Waals surface area contributed by atoms with Crippen LogP contribution in [-0.4, -0.2) is 45.1 Å². The molecule has 0 heterocycles. The lowest BCUT2D eigenvalue weighted by atomic mass is 9.93. The van der Waals surface area contributed by atoms with Gasteiger partial charge in [0.1, 0.15) is 0 Å². The van der Waals surface area contributed by atoms with E-state index in [9.17, 15) is 0 Å². The van der Waals surface area contributed by atoms with Gasteiger partial charge >= 0.3 is 0 Å². The molecule has 1 aromatic carbocycles. The molecule has 0 bridgehead atoms. The molecule has 0 radical (unpaired) electrons. The van der Waals surface area contributed by atoms with Gasteiger partial charge in [-0.15, -0.1) is 0 Å². The van der Waals surface area contributed by atoms with Crippen LogP contribution < -0.4 is 10.6 Å². The summed E-state index contributed by atoms with van der Waals surface area (Å²) in [6, 6.07) is 10.6. The minimum Gasteiger partial charge on any atom is -0.356 e. The van der Waals surface area contributed by atoms with Crippen molar-refractivity contribution >= 4 is 5.96 Å². The number of guanidine groups is 1. The molecular weight excluding hydrogens is 260 g/mol. The van der Waals surface area contributed by atoms with Crippen LogP contribution in [0.3, 0.4) is 0 Å². The van der Waals surface area contributed by atoms with Crippen molar-refractivity contribution in [1.29, 1.82) is 0 Å². The van der Waals surface area contributed by atoms with Crippen LogP contribution in [0.5, 0.6) is 0 Å².